The molecule has 0 radical (unpaired) electrons. The van der Waals surface area contributed by atoms with Gasteiger partial charge in [-0.15, -0.1) is 0 Å². The summed E-state index contributed by atoms with van der Waals surface area (Å²) in [5.41, 5.74) is 11.4. The molecule has 1 aromatic carbocycles. The molecule has 1 heterocycles. The highest BCUT2D eigenvalue weighted by Gasteiger charge is 2.41. The Morgan fingerprint density at radius 1 is 1.29 bits per heavy atom. The molecule has 1 aliphatic heterocycles. The van der Waals surface area contributed by atoms with Gasteiger partial charge in [0.1, 0.15) is 0 Å². The third kappa shape index (κ3) is 1.50. The summed E-state index contributed by atoms with van der Waals surface area (Å²) in [6.07, 6.45) is 0. The van der Waals surface area contributed by atoms with E-state index in [1.165, 1.54) is 19.1 Å². The number of imide groups is 3. The van der Waals surface area contributed by atoms with E-state index in [1.54, 1.807) is 6.07 Å². The second-order valence-electron chi connectivity index (χ2n) is 3.84. The molecule has 0 spiro atoms. The van der Waals surface area contributed by atoms with Crippen LogP contribution in [0.2, 0.25) is 0 Å². The number of carbonyl (C=O) groups is 3. The van der Waals surface area contributed by atoms with Crippen molar-refractivity contribution in [3.63, 3.8) is 0 Å². The minimum absolute atomic E-state index is 0.0755. The smallest absolute Gasteiger partial charge is 0.270 e. The number of rotatable bonds is 1. The average Bonchev–Trinajstić information content (AvgIpc) is 2.52. The molecule has 6 heteroatoms. The Balaban J connectivity index is 2.54. The van der Waals surface area contributed by atoms with E-state index >= 15 is 0 Å². The van der Waals surface area contributed by atoms with E-state index < -0.39 is 23.8 Å². The first-order valence-corrected chi connectivity index (χ1v) is 5.02. The average molecular weight is 233 g/mol. The maximum atomic E-state index is 11.9. The van der Waals surface area contributed by atoms with Gasteiger partial charge in [-0.05, 0) is 19.1 Å². The maximum Gasteiger partial charge on any atom is 0.270 e. The SMILES string of the molecule is CC(N)C(=O)N1C(=O)c2cccc(N)c2C1=O. The van der Waals surface area contributed by atoms with Gasteiger partial charge in [0, 0.05) is 5.69 Å². The number of benzene rings is 1. The Morgan fingerprint density at radius 2 is 1.94 bits per heavy atom. The van der Waals surface area contributed by atoms with Crippen LogP contribution in [0.3, 0.4) is 0 Å². The highest BCUT2D eigenvalue weighted by Crippen LogP contribution is 2.27. The molecule has 0 aliphatic carbocycles. The van der Waals surface area contributed by atoms with Crippen molar-refractivity contribution in [1.29, 1.82) is 0 Å². The molecule has 0 aromatic heterocycles. The quantitative estimate of drug-likeness (QED) is 0.513. The first-order chi connectivity index (χ1) is 7.95. The zero-order chi connectivity index (χ0) is 12.7. The highest BCUT2D eigenvalue weighted by atomic mass is 16.2. The number of anilines is 1. The molecule has 1 atom stereocenters. The van der Waals surface area contributed by atoms with Gasteiger partial charge in [-0.2, -0.15) is 0 Å². The van der Waals surface area contributed by atoms with Crippen LogP contribution in [-0.2, 0) is 4.79 Å². The molecule has 0 bridgehead atoms. The number of hydrogen-bond acceptors (Lipinski definition) is 5. The molecular formula is C11H11N3O3. The van der Waals surface area contributed by atoms with Gasteiger partial charge in [-0.25, -0.2) is 4.90 Å². The van der Waals surface area contributed by atoms with Crippen molar-refractivity contribution < 1.29 is 14.4 Å². The van der Waals surface area contributed by atoms with Gasteiger partial charge in [0.25, 0.3) is 17.7 Å². The Hall–Kier alpha value is -2.21. The van der Waals surface area contributed by atoms with E-state index in [9.17, 15) is 14.4 Å². The van der Waals surface area contributed by atoms with E-state index in [4.69, 9.17) is 11.5 Å². The summed E-state index contributed by atoms with van der Waals surface area (Å²) in [5, 5.41) is 0. The van der Waals surface area contributed by atoms with Crippen LogP contribution in [0, 0.1) is 0 Å². The third-order valence-electron chi connectivity index (χ3n) is 2.56. The molecule has 3 amide bonds. The minimum Gasteiger partial charge on any atom is -0.398 e. The number of nitrogens with two attached hydrogens (primary N) is 2. The van der Waals surface area contributed by atoms with Crippen molar-refractivity contribution >= 4 is 23.4 Å². The summed E-state index contributed by atoms with van der Waals surface area (Å²) in [5.74, 6) is -2.10. The van der Waals surface area contributed by atoms with Crippen molar-refractivity contribution in [2.24, 2.45) is 5.73 Å². The van der Waals surface area contributed by atoms with E-state index in [2.05, 4.69) is 0 Å². The topological polar surface area (TPSA) is 106 Å². The van der Waals surface area contributed by atoms with Crippen molar-refractivity contribution in [3.8, 4) is 0 Å². The Labute approximate surface area is 97.2 Å². The summed E-state index contributed by atoms with van der Waals surface area (Å²) >= 11 is 0. The van der Waals surface area contributed by atoms with Gasteiger partial charge in [0.15, 0.2) is 0 Å². The molecule has 0 fully saturated rings. The summed E-state index contributed by atoms with van der Waals surface area (Å²) in [6, 6.07) is 3.60. The predicted octanol–water partition coefficient (Wildman–Crippen LogP) is -0.261. The van der Waals surface area contributed by atoms with Gasteiger partial charge in [0.2, 0.25) is 0 Å². The second kappa shape index (κ2) is 3.67. The lowest BCUT2D eigenvalue weighted by atomic mass is 10.1. The lowest BCUT2D eigenvalue weighted by molar-refractivity contribution is -0.127. The molecule has 6 nitrogen and oxygen atoms in total. The Kier molecular flexibility index (Phi) is 2.44. The number of nitrogens with zero attached hydrogens (tertiary/aromatic N) is 1. The van der Waals surface area contributed by atoms with Gasteiger partial charge in [0.05, 0.1) is 17.2 Å². The van der Waals surface area contributed by atoms with Crippen LogP contribution in [0.25, 0.3) is 0 Å². The number of nitrogen functional groups attached to an aromatic ring is 1. The molecule has 4 N–H and O–H groups in total. The summed E-state index contributed by atoms with van der Waals surface area (Å²) in [6.45, 7) is 1.41. The van der Waals surface area contributed by atoms with Gasteiger partial charge in [-0.1, -0.05) is 6.07 Å². The number of fused-ring (bicyclic) bond motifs is 1. The van der Waals surface area contributed by atoms with Crippen LogP contribution in [0.1, 0.15) is 27.6 Å². The fourth-order valence-corrected chi connectivity index (χ4v) is 1.72. The van der Waals surface area contributed by atoms with Crippen LogP contribution in [0.15, 0.2) is 18.2 Å². The van der Waals surface area contributed by atoms with Gasteiger partial charge in [-0.3, -0.25) is 14.4 Å². The largest absolute Gasteiger partial charge is 0.398 e. The molecular weight excluding hydrogens is 222 g/mol. The van der Waals surface area contributed by atoms with Crippen molar-refractivity contribution in [1.82, 2.24) is 4.90 Å². The molecule has 0 saturated carbocycles. The van der Waals surface area contributed by atoms with E-state index in [1.807, 2.05) is 0 Å². The lowest BCUT2D eigenvalue weighted by Crippen LogP contribution is -2.45. The maximum absolute atomic E-state index is 11.9. The number of carbonyl (C=O) groups excluding carboxylic acids is 3. The van der Waals surface area contributed by atoms with Crippen molar-refractivity contribution in [2.75, 3.05) is 5.73 Å². The monoisotopic (exact) mass is 233 g/mol. The van der Waals surface area contributed by atoms with Crippen molar-refractivity contribution in [3.05, 3.63) is 29.3 Å². The van der Waals surface area contributed by atoms with Crippen LogP contribution < -0.4 is 11.5 Å². The zero-order valence-corrected chi connectivity index (χ0v) is 9.14. The first-order valence-electron chi connectivity index (χ1n) is 5.02. The molecule has 1 aromatic rings. The molecule has 0 saturated heterocycles. The number of amides is 3. The Bertz CT molecular complexity index is 537. The van der Waals surface area contributed by atoms with Gasteiger partial charge < -0.3 is 11.5 Å². The third-order valence-corrected chi connectivity index (χ3v) is 2.56. The van der Waals surface area contributed by atoms with Crippen LogP contribution >= 0.6 is 0 Å². The standard InChI is InChI=1S/C11H11N3O3/c1-5(12)9(15)14-10(16)6-3-2-4-7(13)8(6)11(14)17/h2-5H,12-13H2,1H3. The lowest BCUT2D eigenvalue weighted by Gasteiger charge is -2.13. The molecule has 1 unspecified atom stereocenters. The second-order valence-corrected chi connectivity index (χ2v) is 3.84. The van der Waals surface area contributed by atoms with Crippen LogP contribution in [-0.4, -0.2) is 28.7 Å². The normalized spacial score (nSPS) is 16.0. The van der Waals surface area contributed by atoms with Crippen LogP contribution in [0.4, 0.5) is 5.69 Å². The van der Waals surface area contributed by atoms with Gasteiger partial charge >= 0.3 is 0 Å². The fraction of sp³-hybridized carbons (Fsp3) is 0.182. The van der Waals surface area contributed by atoms with E-state index in [0.717, 1.165) is 0 Å². The molecule has 88 valence electrons. The highest BCUT2D eigenvalue weighted by molar-refractivity contribution is 6.31. The summed E-state index contributed by atoms with van der Waals surface area (Å²) < 4.78 is 0. The number of hydrogen-bond donors (Lipinski definition) is 2. The van der Waals surface area contributed by atoms with E-state index in [-0.39, 0.29) is 16.8 Å². The zero-order valence-electron chi connectivity index (χ0n) is 9.14. The summed E-state index contributed by atoms with van der Waals surface area (Å²) in [4.78, 5) is 36.0. The minimum atomic E-state index is -0.918. The fourth-order valence-electron chi connectivity index (χ4n) is 1.72. The molecule has 2 rings (SSSR count). The Morgan fingerprint density at radius 3 is 2.47 bits per heavy atom. The van der Waals surface area contributed by atoms with E-state index in [0.29, 0.717) is 4.90 Å². The summed E-state index contributed by atoms with van der Waals surface area (Å²) in [7, 11) is 0. The predicted molar refractivity (Wildman–Crippen MR) is 60.0 cm³/mol. The first kappa shape index (κ1) is 11.3. The molecule has 17 heavy (non-hydrogen) atoms. The molecule has 1 aliphatic rings. The van der Waals surface area contributed by atoms with Crippen molar-refractivity contribution in [2.45, 2.75) is 13.0 Å². The van der Waals surface area contributed by atoms with Crippen LogP contribution in [0.5, 0.6) is 0 Å².